The van der Waals surface area contributed by atoms with Gasteiger partial charge in [0.2, 0.25) is 0 Å². The van der Waals surface area contributed by atoms with Crippen LogP contribution in [0.3, 0.4) is 0 Å². The molecule has 0 fully saturated rings. The van der Waals surface area contributed by atoms with Gasteiger partial charge < -0.3 is 4.98 Å². The lowest BCUT2D eigenvalue weighted by Gasteiger charge is -2.06. The number of hydrogen-bond acceptors (Lipinski definition) is 3. The molecule has 0 aliphatic heterocycles. The van der Waals surface area contributed by atoms with Crippen LogP contribution in [0, 0.1) is 0 Å². The fourth-order valence-electron chi connectivity index (χ4n) is 2.05. The molecule has 104 valence electrons. The molecule has 1 heterocycles. The van der Waals surface area contributed by atoms with Gasteiger partial charge in [-0.1, -0.05) is 30.3 Å². The molecule has 0 atom stereocenters. The number of aryl methyl sites for hydroxylation is 1. The van der Waals surface area contributed by atoms with Gasteiger partial charge in [-0.25, -0.2) is 4.79 Å². The summed E-state index contributed by atoms with van der Waals surface area (Å²) in [6.45, 7) is 1.60. The van der Waals surface area contributed by atoms with E-state index in [0.29, 0.717) is 13.0 Å². The summed E-state index contributed by atoms with van der Waals surface area (Å²) in [4.78, 5) is 37.4. The Balaban J connectivity index is 2.14. The van der Waals surface area contributed by atoms with Crippen molar-refractivity contribution < 1.29 is 4.79 Å². The minimum atomic E-state index is -0.519. The predicted octanol–water partition coefficient (Wildman–Crippen LogP) is 1.37. The highest BCUT2D eigenvalue weighted by Gasteiger charge is 2.10. The largest absolute Gasteiger partial charge is 0.328 e. The molecule has 0 radical (unpaired) electrons. The summed E-state index contributed by atoms with van der Waals surface area (Å²) in [6.07, 6.45) is 2.62. The standard InChI is InChI=1S/C15H16N2O3/c1-11(18)13-10-16-15(20)17(14(13)19)9-5-8-12-6-3-2-4-7-12/h2-4,6-7,10H,5,8-9H2,1H3,(H,16,20). The molecule has 0 bridgehead atoms. The number of aromatic nitrogens is 2. The zero-order valence-corrected chi connectivity index (χ0v) is 11.3. The number of H-pyrrole nitrogens is 1. The average molecular weight is 272 g/mol. The number of benzene rings is 1. The summed E-state index contributed by atoms with van der Waals surface area (Å²) in [5, 5.41) is 0. The van der Waals surface area contributed by atoms with E-state index in [-0.39, 0.29) is 11.3 Å². The number of hydrogen-bond donors (Lipinski definition) is 1. The van der Waals surface area contributed by atoms with E-state index in [1.165, 1.54) is 13.1 Å². The van der Waals surface area contributed by atoms with E-state index in [9.17, 15) is 14.4 Å². The van der Waals surface area contributed by atoms with Crippen molar-refractivity contribution in [3.8, 4) is 0 Å². The van der Waals surface area contributed by atoms with Crippen LogP contribution in [0.25, 0.3) is 0 Å². The van der Waals surface area contributed by atoms with Crippen molar-refractivity contribution in [2.75, 3.05) is 0 Å². The lowest BCUT2D eigenvalue weighted by atomic mass is 10.1. The van der Waals surface area contributed by atoms with Gasteiger partial charge in [-0.3, -0.25) is 14.2 Å². The zero-order chi connectivity index (χ0) is 14.5. The molecule has 5 nitrogen and oxygen atoms in total. The molecule has 0 aliphatic carbocycles. The lowest BCUT2D eigenvalue weighted by Crippen LogP contribution is -2.37. The van der Waals surface area contributed by atoms with Gasteiger partial charge in [0.05, 0.1) is 5.56 Å². The first-order valence-corrected chi connectivity index (χ1v) is 6.47. The molecule has 1 aromatic heterocycles. The highest BCUT2D eigenvalue weighted by Crippen LogP contribution is 2.02. The first-order valence-electron chi connectivity index (χ1n) is 6.47. The third-order valence-corrected chi connectivity index (χ3v) is 3.13. The number of aromatic amines is 1. The summed E-state index contributed by atoms with van der Waals surface area (Å²) < 4.78 is 1.08. The number of nitrogens with zero attached hydrogens (tertiary/aromatic N) is 1. The fraction of sp³-hybridized carbons (Fsp3) is 0.267. The molecule has 1 aromatic carbocycles. The Hall–Kier alpha value is -2.43. The molecule has 2 rings (SSSR count). The van der Waals surface area contributed by atoms with Crippen LogP contribution in [-0.4, -0.2) is 15.3 Å². The maximum atomic E-state index is 12.0. The smallest absolute Gasteiger partial charge is 0.313 e. The van der Waals surface area contributed by atoms with Gasteiger partial charge >= 0.3 is 5.69 Å². The molecule has 0 saturated carbocycles. The SMILES string of the molecule is CC(=O)c1c[nH]c(=O)n(CCCc2ccccc2)c1=O. The van der Waals surface area contributed by atoms with Gasteiger partial charge in [0, 0.05) is 12.7 Å². The van der Waals surface area contributed by atoms with Gasteiger partial charge in [0.25, 0.3) is 5.56 Å². The Bertz CT molecular complexity index is 714. The minimum Gasteiger partial charge on any atom is -0.313 e. The van der Waals surface area contributed by atoms with E-state index < -0.39 is 11.2 Å². The second kappa shape index (κ2) is 6.14. The van der Waals surface area contributed by atoms with E-state index in [2.05, 4.69) is 4.98 Å². The highest BCUT2D eigenvalue weighted by atomic mass is 16.2. The van der Waals surface area contributed by atoms with Gasteiger partial charge in [-0.05, 0) is 25.3 Å². The molecule has 0 spiro atoms. The van der Waals surface area contributed by atoms with Crippen LogP contribution in [-0.2, 0) is 13.0 Å². The molecule has 20 heavy (non-hydrogen) atoms. The molecule has 0 aliphatic rings. The van der Waals surface area contributed by atoms with Crippen molar-refractivity contribution in [3.05, 3.63) is 68.5 Å². The molecular formula is C15H16N2O3. The number of ketones is 1. The fourth-order valence-corrected chi connectivity index (χ4v) is 2.05. The van der Waals surface area contributed by atoms with Crippen molar-refractivity contribution in [2.45, 2.75) is 26.3 Å². The normalized spacial score (nSPS) is 10.4. The lowest BCUT2D eigenvalue weighted by molar-refractivity contribution is 0.101. The monoisotopic (exact) mass is 272 g/mol. The van der Waals surface area contributed by atoms with Crippen LogP contribution in [0.2, 0.25) is 0 Å². The second-order valence-electron chi connectivity index (χ2n) is 4.61. The van der Waals surface area contributed by atoms with Crippen molar-refractivity contribution in [1.82, 2.24) is 9.55 Å². The summed E-state index contributed by atoms with van der Waals surface area (Å²) in [5.74, 6) is -0.344. The van der Waals surface area contributed by atoms with Crippen molar-refractivity contribution in [2.24, 2.45) is 0 Å². The van der Waals surface area contributed by atoms with Gasteiger partial charge in [0.15, 0.2) is 5.78 Å². The summed E-state index contributed by atoms with van der Waals surface area (Å²) in [7, 11) is 0. The predicted molar refractivity (Wildman–Crippen MR) is 76.1 cm³/mol. The molecule has 0 saturated heterocycles. The van der Waals surface area contributed by atoms with Crippen molar-refractivity contribution in [3.63, 3.8) is 0 Å². The second-order valence-corrected chi connectivity index (χ2v) is 4.61. The summed E-state index contributed by atoms with van der Waals surface area (Å²) in [5.41, 5.74) is 0.173. The van der Waals surface area contributed by atoms with E-state index in [1.54, 1.807) is 0 Å². The van der Waals surface area contributed by atoms with E-state index in [1.807, 2.05) is 30.3 Å². The average Bonchev–Trinajstić information content (AvgIpc) is 2.43. The Kier molecular flexibility index (Phi) is 4.30. The first-order chi connectivity index (χ1) is 9.59. The summed E-state index contributed by atoms with van der Waals surface area (Å²) in [6, 6.07) is 9.84. The van der Waals surface area contributed by atoms with Crippen LogP contribution in [0.5, 0.6) is 0 Å². The van der Waals surface area contributed by atoms with Crippen molar-refractivity contribution in [1.29, 1.82) is 0 Å². The maximum Gasteiger partial charge on any atom is 0.328 e. The van der Waals surface area contributed by atoms with E-state index in [0.717, 1.165) is 16.6 Å². The van der Waals surface area contributed by atoms with E-state index >= 15 is 0 Å². The molecule has 1 N–H and O–H groups in total. The molecule has 0 unspecified atom stereocenters. The quantitative estimate of drug-likeness (QED) is 0.836. The van der Waals surface area contributed by atoms with Crippen LogP contribution < -0.4 is 11.2 Å². The Morgan fingerprint density at radius 1 is 1.20 bits per heavy atom. The number of rotatable bonds is 5. The molecule has 0 amide bonds. The number of nitrogens with one attached hydrogen (secondary N) is 1. The molecular weight excluding hydrogens is 256 g/mol. The molecule has 2 aromatic rings. The Labute approximate surface area is 115 Å². The third kappa shape index (κ3) is 3.12. The number of carbonyl (C=O) groups is 1. The first kappa shape index (κ1) is 14.0. The molecule has 5 heteroatoms. The van der Waals surface area contributed by atoms with Gasteiger partial charge in [-0.2, -0.15) is 0 Å². The Morgan fingerprint density at radius 2 is 1.90 bits per heavy atom. The van der Waals surface area contributed by atoms with Gasteiger partial charge in [0.1, 0.15) is 0 Å². The highest BCUT2D eigenvalue weighted by molar-refractivity contribution is 5.93. The van der Waals surface area contributed by atoms with E-state index in [4.69, 9.17) is 0 Å². The van der Waals surface area contributed by atoms with Crippen LogP contribution >= 0.6 is 0 Å². The zero-order valence-electron chi connectivity index (χ0n) is 11.3. The number of carbonyl (C=O) groups excluding carboxylic acids is 1. The van der Waals surface area contributed by atoms with Gasteiger partial charge in [-0.15, -0.1) is 0 Å². The van der Waals surface area contributed by atoms with Crippen LogP contribution in [0.1, 0.15) is 29.3 Å². The topological polar surface area (TPSA) is 71.9 Å². The Morgan fingerprint density at radius 3 is 2.55 bits per heavy atom. The van der Waals surface area contributed by atoms with Crippen molar-refractivity contribution >= 4 is 5.78 Å². The van der Waals surface area contributed by atoms with Crippen LogP contribution in [0.15, 0.2) is 46.1 Å². The minimum absolute atomic E-state index is 0.0179. The number of Topliss-reactive ketones (excluding diaryl/α,β-unsaturated/α-hetero) is 1. The maximum absolute atomic E-state index is 12.0. The third-order valence-electron chi connectivity index (χ3n) is 3.13. The summed E-state index contributed by atoms with van der Waals surface area (Å²) >= 11 is 0. The van der Waals surface area contributed by atoms with Crippen LogP contribution in [0.4, 0.5) is 0 Å².